The maximum atomic E-state index is 11.1. The molecule has 0 saturated carbocycles. The molecule has 2 aromatic rings. The van der Waals surface area contributed by atoms with Gasteiger partial charge in [-0.25, -0.2) is 0 Å². The van der Waals surface area contributed by atoms with Gasteiger partial charge in [-0.1, -0.05) is 29.8 Å². The smallest absolute Gasteiger partial charge is 0.159 e. The van der Waals surface area contributed by atoms with Gasteiger partial charge >= 0.3 is 0 Å². The van der Waals surface area contributed by atoms with Gasteiger partial charge in [-0.05, 0) is 43.7 Å². The lowest BCUT2D eigenvalue weighted by Crippen LogP contribution is -1.89. The Morgan fingerprint density at radius 2 is 1.61 bits per heavy atom. The summed E-state index contributed by atoms with van der Waals surface area (Å²) in [4.78, 5) is 15.5. The minimum atomic E-state index is 0.0732. The summed E-state index contributed by atoms with van der Waals surface area (Å²) in [6.07, 6.45) is 1.82. The molecule has 18 heavy (non-hydrogen) atoms. The Balaban J connectivity index is 2.13. The van der Waals surface area contributed by atoms with Crippen molar-refractivity contribution in [3.8, 4) is 0 Å². The number of rotatable bonds is 3. The molecule has 0 fully saturated rings. The Bertz CT molecular complexity index is 565. The van der Waals surface area contributed by atoms with Crippen LogP contribution >= 0.6 is 0 Å². The lowest BCUT2D eigenvalue weighted by Gasteiger charge is -1.97. The van der Waals surface area contributed by atoms with E-state index < -0.39 is 0 Å². The summed E-state index contributed by atoms with van der Waals surface area (Å²) in [6.45, 7) is 3.62. The summed E-state index contributed by atoms with van der Waals surface area (Å²) in [5, 5.41) is 0. The van der Waals surface area contributed by atoms with Gasteiger partial charge in [0.1, 0.15) is 0 Å². The molecular formula is C16H15NO. The molecule has 0 amide bonds. The number of hydrogen-bond donors (Lipinski definition) is 0. The quantitative estimate of drug-likeness (QED) is 0.587. The Labute approximate surface area is 107 Å². The molecule has 0 heterocycles. The van der Waals surface area contributed by atoms with Gasteiger partial charge in [0.2, 0.25) is 0 Å². The Morgan fingerprint density at radius 1 is 1.00 bits per heavy atom. The molecule has 0 atom stereocenters. The second kappa shape index (κ2) is 5.41. The Kier molecular flexibility index (Phi) is 3.68. The molecule has 0 bridgehead atoms. The van der Waals surface area contributed by atoms with Crippen LogP contribution in [0.15, 0.2) is 53.5 Å². The van der Waals surface area contributed by atoms with E-state index in [1.54, 1.807) is 19.1 Å². The van der Waals surface area contributed by atoms with Crippen molar-refractivity contribution in [2.45, 2.75) is 13.8 Å². The molecule has 2 rings (SSSR count). The number of nitrogens with zero attached hydrogens (tertiary/aromatic N) is 1. The first-order chi connectivity index (χ1) is 8.65. The highest BCUT2D eigenvalue weighted by molar-refractivity contribution is 5.94. The van der Waals surface area contributed by atoms with Crippen molar-refractivity contribution in [1.82, 2.24) is 0 Å². The first kappa shape index (κ1) is 12.2. The van der Waals surface area contributed by atoms with Crippen molar-refractivity contribution in [2.24, 2.45) is 4.99 Å². The summed E-state index contributed by atoms with van der Waals surface area (Å²) in [7, 11) is 0. The van der Waals surface area contributed by atoms with E-state index in [1.807, 2.05) is 30.5 Å². The van der Waals surface area contributed by atoms with Crippen LogP contribution in [0.1, 0.15) is 28.4 Å². The first-order valence-corrected chi connectivity index (χ1v) is 5.87. The van der Waals surface area contributed by atoms with Gasteiger partial charge in [-0.3, -0.25) is 9.79 Å². The fourth-order valence-electron chi connectivity index (χ4n) is 1.58. The van der Waals surface area contributed by atoms with Gasteiger partial charge in [0, 0.05) is 11.8 Å². The molecule has 0 unspecified atom stereocenters. The van der Waals surface area contributed by atoms with E-state index in [9.17, 15) is 4.79 Å². The van der Waals surface area contributed by atoms with Crippen LogP contribution in [0, 0.1) is 6.92 Å². The van der Waals surface area contributed by atoms with Crippen LogP contribution in [0.5, 0.6) is 0 Å². The third kappa shape index (κ3) is 3.14. The fraction of sp³-hybridized carbons (Fsp3) is 0.125. The van der Waals surface area contributed by atoms with Crippen LogP contribution in [-0.4, -0.2) is 12.0 Å². The van der Waals surface area contributed by atoms with Crippen molar-refractivity contribution in [3.05, 3.63) is 65.2 Å². The van der Waals surface area contributed by atoms with Gasteiger partial charge in [-0.2, -0.15) is 0 Å². The minimum absolute atomic E-state index is 0.0732. The largest absolute Gasteiger partial charge is 0.295 e. The number of ketones is 1. The van der Waals surface area contributed by atoms with E-state index in [2.05, 4.69) is 24.0 Å². The number of aryl methyl sites for hydroxylation is 1. The van der Waals surface area contributed by atoms with E-state index in [0.717, 1.165) is 11.3 Å². The highest BCUT2D eigenvalue weighted by Crippen LogP contribution is 2.13. The molecule has 0 aliphatic rings. The number of hydrogen-bond acceptors (Lipinski definition) is 2. The van der Waals surface area contributed by atoms with Crippen LogP contribution in [0.2, 0.25) is 0 Å². The molecule has 2 heteroatoms. The molecule has 0 saturated heterocycles. The number of aliphatic imine (C=N–C) groups is 1. The summed E-state index contributed by atoms with van der Waals surface area (Å²) in [5.74, 6) is 0.0732. The first-order valence-electron chi connectivity index (χ1n) is 5.87. The second-order valence-electron chi connectivity index (χ2n) is 4.27. The summed E-state index contributed by atoms with van der Waals surface area (Å²) in [5.41, 5.74) is 3.86. The van der Waals surface area contributed by atoms with Gasteiger partial charge in [-0.15, -0.1) is 0 Å². The standard InChI is InChI=1S/C16H15NO/c1-12-3-5-14(6-4-12)11-17-16-9-7-15(8-10-16)13(2)18/h3-11H,1-2H3. The van der Waals surface area contributed by atoms with Gasteiger partial charge < -0.3 is 0 Å². The van der Waals surface area contributed by atoms with Crippen molar-refractivity contribution >= 4 is 17.7 Å². The third-order valence-corrected chi connectivity index (χ3v) is 2.71. The highest BCUT2D eigenvalue weighted by atomic mass is 16.1. The van der Waals surface area contributed by atoms with Crippen molar-refractivity contribution < 1.29 is 4.79 Å². The lowest BCUT2D eigenvalue weighted by molar-refractivity contribution is 0.101. The van der Waals surface area contributed by atoms with Crippen molar-refractivity contribution in [1.29, 1.82) is 0 Å². The maximum absolute atomic E-state index is 11.1. The van der Waals surface area contributed by atoms with Crippen LogP contribution in [-0.2, 0) is 0 Å². The Morgan fingerprint density at radius 3 is 2.17 bits per heavy atom. The van der Waals surface area contributed by atoms with E-state index in [0.29, 0.717) is 5.56 Å². The minimum Gasteiger partial charge on any atom is -0.295 e. The molecule has 2 nitrogen and oxygen atoms in total. The Hall–Kier alpha value is -2.22. The van der Waals surface area contributed by atoms with Crippen LogP contribution in [0.25, 0.3) is 0 Å². The zero-order valence-electron chi connectivity index (χ0n) is 10.6. The summed E-state index contributed by atoms with van der Waals surface area (Å²) < 4.78 is 0. The molecule has 0 aliphatic heterocycles. The van der Waals surface area contributed by atoms with Crippen LogP contribution in [0.3, 0.4) is 0 Å². The van der Waals surface area contributed by atoms with E-state index >= 15 is 0 Å². The van der Waals surface area contributed by atoms with E-state index in [1.165, 1.54) is 5.56 Å². The molecule has 0 aromatic heterocycles. The molecule has 0 radical (unpaired) electrons. The maximum Gasteiger partial charge on any atom is 0.159 e. The average Bonchev–Trinajstić information content (AvgIpc) is 2.38. The highest BCUT2D eigenvalue weighted by Gasteiger charge is 1.97. The number of Topliss-reactive ketones (excluding diaryl/α,β-unsaturated/α-hetero) is 1. The fourth-order valence-corrected chi connectivity index (χ4v) is 1.58. The van der Waals surface area contributed by atoms with Gasteiger partial charge in [0.15, 0.2) is 5.78 Å². The SMILES string of the molecule is CC(=O)c1ccc(N=Cc2ccc(C)cc2)cc1. The van der Waals surface area contributed by atoms with Crippen LogP contribution in [0.4, 0.5) is 5.69 Å². The summed E-state index contributed by atoms with van der Waals surface area (Å²) in [6, 6.07) is 15.5. The number of benzene rings is 2. The van der Waals surface area contributed by atoms with Crippen LogP contribution < -0.4 is 0 Å². The predicted molar refractivity (Wildman–Crippen MR) is 74.9 cm³/mol. The normalized spacial score (nSPS) is 10.8. The molecule has 0 N–H and O–H groups in total. The molecular weight excluding hydrogens is 222 g/mol. The zero-order valence-corrected chi connectivity index (χ0v) is 10.6. The summed E-state index contributed by atoms with van der Waals surface area (Å²) >= 11 is 0. The molecule has 0 aliphatic carbocycles. The monoisotopic (exact) mass is 237 g/mol. The predicted octanol–water partition coefficient (Wildman–Crippen LogP) is 3.95. The van der Waals surface area contributed by atoms with Gasteiger partial charge in [0.05, 0.1) is 5.69 Å². The van der Waals surface area contributed by atoms with E-state index in [4.69, 9.17) is 0 Å². The molecule has 0 spiro atoms. The number of carbonyl (C=O) groups excluding carboxylic acids is 1. The van der Waals surface area contributed by atoms with Crippen molar-refractivity contribution in [3.63, 3.8) is 0 Å². The van der Waals surface area contributed by atoms with Crippen molar-refractivity contribution in [2.75, 3.05) is 0 Å². The van der Waals surface area contributed by atoms with Gasteiger partial charge in [0.25, 0.3) is 0 Å². The topological polar surface area (TPSA) is 29.4 Å². The third-order valence-electron chi connectivity index (χ3n) is 2.71. The molecule has 90 valence electrons. The average molecular weight is 237 g/mol. The lowest BCUT2D eigenvalue weighted by atomic mass is 10.1. The van der Waals surface area contributed by atoms with E-state index in [-0.39, 0.29) is 5.78 Å². The number of carbonyl (C=O) groups is 1. The zero-order chi connectivity index (χ0) is 13.0. The second-order valence-corrected chi connectivity index (χ2v) is 4.27. The molecule has 2 aromatic carbocycles.